The highest BCUT2D eigenvalue weighted by Crippen LogP contribution is 2.25. The van der Waals surface area contributed by atoms with Gasteiger partial charge >= 0.3 is 0 Å². The van der Waals surface area contributed by atoms with Crippen LogP contribution in [0.4, 0.5) is 5.69 Å². The minimum absolute atomic E-state index is 0.00359. The summed E-state index contributed by atoms with van der Waals surface area (Å²) in [6.45, 7) is 2.23. The van der Waals surface area contributed by atoms with Crippen LogP contribution < -0.4 is 9.62 Å². The minimum Gasteiger partial charge on any atom is -0.378 e. The van der Waals surface area contributed by atoms with Gasteiger partial charge < -0.3 is 9.47 Å². The summed E-state index contributed by atoms with van der Waals surface area (Å²) < 4.78 is 28.9. The van der Waals surface area contributed by atoms with Crippen LogP contribution in [-0.4, -0.2) is 43.0 Å². The van der Waals surface area contributed by atoms with E-state index in [0.717, 1.165) is 11.3 Å². The van der Waals surface area contributed by atoms with Gasteiger partial charge in [0.2, 0.25) is 0 Å². The zero-order valence-electron chi connectivity index (χ0n) is 18.3. The number of benzene rings is 2. The number of sulfonamides is 1. The Morgan fingerprint density at radius 2 is 1.79 bits per heavy atom. The van der Waals surface area contributed by atoms with Crippen molar-refractivity contribution in [1.82, 2.24) is 19.3 Å². The van der Waals surface area contributed by atoms with Crippen LogP contribution in [0.3, 0.4) is 0 Å². The van der Waals surface area contributed by atoms with Crippen molar-refractivity contribution < 1.29 is 13.2 Å². The number of fused-ring (bicyclic) bond motifs is 1. The van der Waals surface area contributed by atoms with E-state index >= 15 is 0 Å². The Morgan fingerprint density at radius 3 is 2.45 bits per heavy atom. The molecule has 10 heteroatoms. The predicted molar refractivity (Wildman–Crippen MR) is 128 cm³/mol. The molecule has 0 unspecified atom stereocenters. The van der Waals surface area contributed by atoms with Crippen molar-refractivity contribution in [2.24, 2.45) is 0 Å². The third-order valence-corrected chi connectivity index (χ3v) is 6.88. The van der Waals surface area contributed by atoms with Gasteiger partial charge in [-0.15, -0.1) is 0 Å². The fourth-order valence-electron chi connectivity index (χ4n) is 3.38. The number of aromatic nitrogens is 3. The number of aryl methyl sites for hydroxylation is 1. The molecular formula is C23H22ClN5O3S. The van der Waals surface area contributed by atoms with Crippen LogP contribution in [-0.2, 0) is 16.6 Å². The highest BCUT2D eigenvalue weighted by atomic mass is 35.5. The van der Waals surface area contributed by atoms with Gasteiger partial charge in [0.15, 0.2) is 5.65 Å². The molecule has 1 amide bonds. The fourth-order valence-corrected chi connectivity index (χ4v) is 4.59. The van der Waals surface area contributed by atoms with Gasteiger partial charge in [0, 0.05) is 24.8 Å². The smallest absolute Gasteiger partial charge is 0.283 e. The van der Waals surface area contributed by atoms with Gasteiger partial charge in [-0.25, -0.2) is 23.1 Å². The summed E-state index contributed by atoms with van der Waals surface area (Å²) in [5.74, 6) is -0.126. The van der Waals surface area contributed by atoms with Crippen LogP contribution in [0.1, 0.15) is 21.9 Å². The Bertz CT molecular complexity index is 1450. The first kappa shape index (κ1) is 22.8. The summed E-state index contributed by atoms with van der Waals surface area (Å²) in [5.41, 5.74) is 2.87. The molecule has 0 spiro atoms. The maximum Gasteiger partial charge on any atom is 0.283 e. The number of hydrogen-bond donors (Lipinski definition) is 1. The summed E-state index contributed by atoms with van der Waals surface area (Å²) in [5, 5.41) is 0.602. The summed E-state index contributed by atoms with van der Waals surface area (Å²) in [6, 6.07) is 16.6. The van der Waals surface area contributed by atoms with Crippen molar-refractivity contribution in [2.45, 2.75) is 18.4 Å². The van der Waals surface area contributed by atoms with E-state index in [0.29, 0.717) is 28.6 Å². The molecule has 2 aromatic heterocycles. The van der Waals surface area contributed by atoms with Gasteiger partial charge in [0.05, 0.1) is 11.4 Å². The molecule has 0 aliphatic heterocycles. The minimum atomic E-state index is -4.01. The maximum atomic E-state index is 12.7. The number of nitrogens with one attached hydrogen (secondary N) is 1. The lowest BCUT2D eigenvalue weighted by molar-refractivity contribution is 0.0977. The summed E-state index contributed by atoms with van der Waals surface area (Å²) in [4.78, 5) is 23.6. The topological polar surface area (TPSA) is 97.2 Å². The molecule has 0 saturated carbocycles. The number of amides is 1. The number of carbonyl (C=O) groups is 1. The van der Waals surface area contributed by atoms with Gasteiger partial charge in [-0.3, -0.25) is 4.79 Å². The Labute approximate surface area is 196 Å². The average Bonchev–Trinajstić information content (AvgIpc) is 3.09. The quantitative estimate of drug-likeness (QED) is 0.450. The number of pyridine rings is 1. The lowest BCUT2D eigenvalue weighted by Crippen LogP contribution is -2.31. The largest absolute Gasteiger partial charge is 0.378 e. The number of nitrogens with zero attached hydrogens (tertiary/aromatic N) is 4. The number of anilines is 1. The molecule has 2 aromatic carbocycles. The van der Waals surface area contributed by atoms with Gasteiger partial charge in [0.1, 0.15) is 17.0 Å². The van der Waals surface area contributed by atoms with E-state index in [4.69, 9.17) is 11.6 Å². The third-order valence-electron chi connectivity index (χ3n) is 5.18. The van der Waals surface area contributed by atoms with E-state index in [-0.39, 0.29) is 10.6 Å². The monoisotopic (exact) mass is 483 g/mol. The molecule has 2 heterocycles. The molecule has 0 aliphatic carbocycles. The zero-order valence-corrected chi connectivity index (χ0v) is 19.9. The first-order valence-corrected chi connectivity index (χ1v) is 11.9. The van der Waals surface area contributed by atoms with Crippen molar-refractivity contribution >= 4 is 44.4 Å². The van der Waals surface area contributed by atoms with Crippen LogP contribution in [0.25, 0.3) is 11.2 Å². The first-order valence-electron chi connectivity index (χ1n) is 10.1. The number of imidazole rings is 1. The van der Waals surface area contributed by atoms with Crippen LogP contribution in [0.15, 0.2) is 65.6 Å². The van der Waals surface area contributed by atoms with Gasteiger partial charge in [-0.2, -0.15) is 0 Å². The second-order valence-corrected chi connectivity index (χ2v) is 9.79. The predicted octanol–water partition coefficient (Wildman–Crippen LogP) is 3.63. The maximum absolute atomic E-state index is 12.7. The second kappa shape index (κ2) is 8.84. The number of rotatable bonds is 6. The Morgan fingerprint density at radius 1 is 1.06 bits per heavy atom. The molecule has 1 N–H and O–H groups in total. The molecule has 0 fully saturated rings. The van der Waals surface area contributed by atoms with Crippen molar-refractivity contribution in [3.05, 3.63) is 82.8 Å². The first-order chi connectivity index (χ1) is 15.7. The van der Waals surface area contributed by atoms with E-state index in [2.05, 4.69) is 14.7 Å². The summed E-state index contributed by atoms with van der Waals surface area (Å²) >= 11 is 6.49. The van der Waals surface area contributed by atoms with E-state index in [9.17, 15) is 13.2 Å². The lowest BCUT2D eigenvalue weighted by Gasteiger charge is -2.15. The van der Waals surface area contributed by atoms with Crippen LogP contribution >= 0.6 is 11.6 Å². The standard InChI is InChI=1S/C23H22ClN5O3S/c1-15-25-20-11-12-21(23(30)27-33(31,32)18-7-5-4-6-8-18)26-22(20)29(15)14-16-9-10-17(28(2)3)13-19(16)24/h4-13H,14H2,1-3H3,(H,27,30). The zero-order chi connectivity index (χ0) is 23.8. The lowest BCUT2D eigenvalue weighted by atomic mass is 10.2. The van der Waals surface area contributed by atoms with Crippen LogP contribution in [0.5, 0.6) is 0 Å². The number of hydrogen-bond acceptors (Lipinski definition) is 6. The van der Waals surface area contributed by atoms with Gasteiger partial charge in [0.25, 0.3) is 15.9 Å². The van der Waals surface area contributed by atoms with Crippen LogP contribution in [0, 0.1) is 6.92 Å². The van der Waals surface area contributed by atoms with Crippen molar-refractivity contribution in [2.75, 3.05) is 19.0 Å². The average molecular weight is 484 g/mol. The van der Waals surface area contributed by atoms with Crippen molar-refractivity contribution in [3.8, 4) is 0 Å². The highest BCUT2D eigenvalue weighted by Gasteiger charge is 2.21. The summed E-state index contributed by atoms with van der Waals surface area (Å²) in [7, 11) is -0.139. The van der Waals surface area contributed by atoms with E-state index in [1.54, 1.807) is 24.3 Å². The van der Waals surface area contributed by atoms with Crippen molar-refractivity contribution in [1.29, 1.82) is 0 Å². The van der Waals surface area contributed by atoms with E-state index in [1.165, 1.54) is 18.2 Å². The molecule has 0 atom stereocenters. The molecule has 4 aromatic rings. The molecule has 0 bridgehead atoms. The molecule has 0 aliphatic rings. The van der Waals surface area contributed by atoms with Gasteiger partial charge in [-0.05, 0) is 48.9 Å². The molecular weight excluding hydrogens is 462 g/mol. The normalized spacial score (nSPS) is 11.5. The summed E-state index contributed by atoms with van der Waals surface area (Å²) in [6.07, 6.45) is 0. The molecule has 170 valence electrons. The van der Waals surface area contributed by atoms with Crippen molar-refractivity contribution in [3.63, 3.8) is 0 Å². The van der Waals surface area contributed by atoms with Gasteiger partial charge in [-0.1, -0.05) is 35.9 Å². The fraction of sp³-hybridized carbons (Fsp3) is 0.174. The highest BCUT2D eigenvalue weighted by molar-refractivity contribution is 7.90. The molecule has 0 radical (unpaired) electrons. The Hall–Kier alpha value is -3.43. The third kappa shape index (κ3) is 4.69. The molecule has 33 heavy (non-hydrogen) atoms. The molecule has 8 nitrogen and oxygen atoms in total. The van der Waals surface area contributed by atoms with Crippen LogP contribution in [0.2, 0.25) is 5.02 Å². The molecule has 0 saturated heterocycles. The Balaban J connectivity index is 1.66. The van der Waals surface area contributed by atoms with E-state index < -0.39 is 15.9 Å². The number of carbonyl (C=O) groups excluding carboxylic acids is 1. The van der Waals surface area contributed by atoms with E-state index in [1.807, 2.05) is 48.7 Å². The molecule has 4 rings (SSSR count). The SMILES string of the molecule is Cc1nc2ccc(C(=O)NS(=O)(=O)c3ccccc3)nc2n1Cc1ccc(N(C)C)cc1Cl. The Kier molecular flexibility index (Phi) is 6.09. The second-order valence-electron chi connectivity index (χ2n) is 7.70. The number of halogens is 1.